The molecule has 11 heteroatoms. The molecule has 0 radical (unpaired) electrons. The van der Waals surface area contributed by atoms with Crippen LogP contribution in [0.1, 0.15) is 6.92 Å². The van der Waals surface area contributed by atoms with Crippen LogP contribution in [0.4, 0.5) is 17.2 Å². The SMILES string of the molecule is CCOc1cc2ncnc(Nc3ccc(Oc4ccccc4)cc3)c2cc1NC(=O)CP(=O)(O)O. The quantitative estimate of drug-likeness (QED) is 0.244. The number of carbonyl (C=O) groups is 1. The molecule has 0 fully saturated rings. The summed E-state index contributed by atoms with van der Waals surface area (Å²) in [5, 5.41) is 6.31. The molecule has 35 heavy (non-hydrogen) atoms. The lowest BCUT2D eigenvalue weighted by atomic mass is 10.2. The number of benzene rings is 3. The smallest absolute Gasteiger partial charge is 0.334 e. The van der Waals surface area contributed by atoms with E-state index in [1.54, 1.807) is 19.1 Å². The maximum atomic E-state index is 12.1. The van der Waals surface area contributed by atoms with E-state index in [0.29, 0.717) is 34.8 Å². The number of anilines is 3. The minimum atomic E-state index is -4.52. The van der Waals surface area contributed by atoms with Gasteiger partial charge < -0.3 is 29.9 Å². The van der Waals surface area contributed by atoms with Gasteiger partial charge in [0.1, 0.15) is 35.6 Å². The van der Waals surface area contributed by atoms with Crippen LogP contribution < -0.4 is 20.1 Å². The van der Waals surface area contributed by atoms with E-state index in [1.165, 1.54) is 6.33 Å². The molecule has 4 aromatic rings. The van der Waals surface area contributed by atoms with Gasteiger partial charge in [-0.15, -0.1) is 0 Å². The van der Waals surface area contributed by atoms with E-state index in [1.807, 2.05) is 54.6 Å². The third-order valence-corrected chi connectivity index (χ3v) is 5.46. The predicted octanol–water partition coefficient (Wildman–Crippen LogP) is 4.68. The predicted molar refractivity (Wildman–Crippen MR) is 132 cm³/mol. The maximum Gasteiger partial charge on any atom is 0.334 e. The van der Waals surface area contributed by atoms with Gasteiger partial charge in [0, 0.05) is 17.1 Å². The highest BCUT2D eigenvalue weighted by atomic mass is 31.2. The summed E-state index contributed by atoms with van der Waals surface area (Å²) in [6, 6.07) is 20.0. The van der Waals surface area contributed by atoms with Crippen molar-refractivity contribution in [3.63, 3.8) is 0 Å². The molecule has 0 saturated heterocycles. The Morgan fingerprint density at radius 1 is 1.00 bits per heavy atom. The summed E-state index contributed by atoms with van der Waals surface area (Å²) < 4.78 is 22.6. The minimum Gasteiger partial charge on any atom is -0.492 e. The summed E-state index contributed by atoms with van der Waals surface area (Å²) in [5.74, 6) is 1.37. The van der Waals surface area contributed by atoms with E-state index < -0.39 is 19.7 Å². The zero-order chi connectivity index (χ0) is 24.8. The summed E-state index contributed by atoms with van der Waals surface area (Å²) in [6.45, 7) is 2.10. The average molecular weight is 494 g/mol. The topological polar surface area (TPSA) is 143 Å². The van der Waals surface area contributed by atoms with Crippen molar-refractivity contribution in [2.45, 2.75) is 6.92 Å². The van der Waals surface area contributed by atoms with Gasteiger partial charge in [-0.2, -0.15) is 0 Å². The largest absolute Gasteiger partial charge is 0.492 e. The molecule has 0 aliphatic heterocycles. The Balaban J connectivity index is 1.60. The zero-order valence-electron chi connectivity index (χ0n) is 18.7. The average Bonchev–Trinajstić information content (AvgIpc) is 2.81. The Morgan fingerprint density at radius 2 is 1.71 bits per heavy atom. The molecule has 10 nitrogen and oxygen atoms in total. The van der Waals surface area contributed by atoms with Gasteiger partial charge in [0.25, 0.3) is 0 Å². The molecular weight excluding hydrogens is 471 g/mol. The molecule has 0 aliphatic rings. The number of para-hydroxylation sites is 1. The van der Waals surface area contributed by atoms with Crippen LogP contribution in [0.25, 0.3) is 10.9 Å². The number of nitrogens with zero attached hydrogens (tertiary/aromatic N) is 2. The van der Waals surface area contributed by atoms with Gasteiger partial charge in [-0.25, -0.2) is 9.97 Å². The van der Waals surface area contributed by atoms with Crippen LogP contribution in [0.15, 0.2) is 73.1 Å². The lowest BCUT2D eigenvalue weighted by Crippen LogP contribution is -2.17. The third kappa shape index (κ3) is 6.54. The molecule has 0 aliphatic carbocycles. The second kappa shape index (κ2) is 10.5. The van der Waals surface area contributed by atoms with Crippen LogP contribution in [-0.2, 0) is 9.36 Å². The van der Waals surface area contributed by atoms with Crippen LogP contribution in [-0.4, -0.2) is 38.4 Å². The second-order valence-electron chi connectivity index (χ2n) is 7.46. The van der Waals surface area contributed by atoms with Crippen LogP contribution in [0.2, 0.25) is 0 Å². The zero-order valence-corrected chi connectivity index (χ0v) is 19.6. The van der Waals surface area contributed by atoms with E-state index in [4.69, 9.17) is 19.3 Å². The van der Waals surface area contributed by atoms with Crippen LogP contribution in [0.5, 0.6) is 17.2 Å². The number of aromatic nitrogens is 2. The van der Waals surface area contributed by atoms with Crippen LogP contribution in [0.3, 0.4) is 0 Å². The fourth-order valence-corrected chi connectivity index (χ4v) is 3.75. The fraction of sp³-hybridized carbons (Fsp3) is 0.125. The van der Waals surface area contributed by atoms with Gasteiger partial charge in [0.2, 0.25) is 5.91 Å². The fourth-order valence-electron chi connectivity index (χ4n) is 3.30. The summed E-state index contributed by atoms with van der Waals surface area (Å²) >= 11 is 0. The molecule has 180 valence electrons. The summed E-state index contributed by atoms with van der Waals surface area (Å²) in [5.41, 5.74) is 1.55. The number of hydrogen-bond acceptors (Lipinski definition) is 7. The van der Waals surface area contributed by atoms with Crippen molar-refractivity contribution in [2.75, 3.05) is 23.4 Å². The Labute approximate surface area is 201 Å². The Kier molecular flexibility index (Phi) is 7.26. The van der Waals surface area contributed by atoms with E-state index in [0.717, 1.165) is 11.4 Å². The Morgan fingerprint density at radius 3 is 2.40 bits per heavy atom. The first-order valence-electron chi connectivity index (χ1n) is 10.7. The Hall–Kier alpha value is -3.98. The van der Waals surface area contributed by atoms with E-state index >= 15 is 0 Å². The standard InChI is InChI=1S/C24H23N4O6P/c1-2-33-22-13-20-19(12-21(22)28-23(29)14-35(30,31)32)24(26-15-25-20)27-16-8-10-18(11-9-16)34-17-6-4-3-5-7-17/h3-13,15H,2,14H2,1H3,(H,28,29)(H,25,26,27)(H2,30,31,32). The van der Waals surface area contributed by atoms with Gasteiger partial charge in [-0.05, 0) is 49.4 Å². The Bertz CT molecular complexity index is 1380. The maximum absolute atomic E-state index is 12.1. The van der Waals surface area contributed by atoms with Crippen LogP contribution >= 0.6 is 7.60 Å². The lowest BCUT2D eigenvalue weighted by molar-refractivity contribution is -0.114. The number of fused-ring (bicyclic) bond motifs is 1. The molecule has 3 aromatic carbocycles. The first-order chi connectivity index (χ1) is 16.8. The van der Waals surface area contributed by atoms with Crippen molar-refractivity contribution < 1.29 is 28.6 Å². The molecule has 1 amide bonds. The summed E-state index contributed by atoms with van der Waals surface area (Å²) in [6.07, 6.45) is 0.462. The van der Waals surface area contributed by atoms with Crippen LogP contribution in [0, 0.1) is 0 Å². The number of ether oxygens (including phenoxy) is 2. The number of amides is 1. The van der Waals surface area contributed by atoms with Crippen molar-refractivity contribution in [1.82, 2.24) is 9.97 Å². The first-order valence-corrected chi connectivity index (χ1v) is 12.5. The molecule has 0 atom stereocenters. The van der Waals surface area contributed by atoms with Gasteiger partial charge in [0.15, 0.2) is 0 Å². The molecule has 1 aromatic heterocycles. The highest BCUT2D eigenvalue weighted by molar-refractivity contribution is 7.52. The molecule has 0 saturated carbocycles. The second-order valence-corrected chi connectivity index (χ2v) is 9.10. The van der Waals surface area contributed by atoms with E-state index in [9.17, 15) is 9.36 Å². The molecule has 1 heterocycles. The van der Waals surface area contributed by atoms with Gasteiger partial charge in [0.05, 0.1) is 17.8 Å². The normalized spacial score (nSPS) is 11.2. The molecule has 0 bridgehead atoms. The third-order valence-electron chi connectivity index (χ3n) is 4.76. The number of rotatable bonds is 9. The van der Waals surface area contributed by atoms with Crippen molar-refractivity contribution in [1.29, 1.82) is 0 Å². The molecule has 0 unspecified atom stereocenters. The number of carbonyl (C=O) groups excluding carboxylic acids is 1. The highest BCUT2D eigenvalue weighted by Crippen LogP contribution is 2.36. The lowest BCUT2D eigenvalue weighted by Gasteiger charge is -2.15. The molecular formula is C24H23N4O6P. The molecule has 0 spiro atoms. The molecule has 4 N–H and O–H groups in total. The van der Waals surface area contributed by atoms with Crippen molar-refractivity contribution in [2.24, 2.45) is 0 Å². The minimum absolute atomic E-state index is 0.252. The highest BCUT2D eigenvalue weighted by Gasteiger charge is 2.21. The van der Waals surface area contributed by atoms with Crippen molar-refractivity contribution in [3.8, 4) is 17.2 Å². The van der Waals surface area contributed by atoms with Gasteiger partial charge in [-0.3, -0.25) is 9.36 Å². The monoisotopic (exact) mass is 494 g/mol. The van der Waals surface area contributed by atoms with Crippen molar-refractivity contribution >= 4 is 41.6 Å². The summed E-state index contributed by atoms with van der Waals surface area (Å²) in [4.78, 5) is 38.9. The molecule has 4 rings (SSSR count). The number of nitrogens with one attached hydrogen (secondary N) is 2. The van der Waals surface area contributed by atoms with Crippen molar-refractivity contribution in [3.05, 3.63) is 73.1 Å². The number of hydrogen-bond donors (Lipinski definition) is 4. The van der Waals surface area contributed by atoms with E-state index in [-0.39, 0.29) is 5.69 Å². The summed E-state index contributed by atoms with van der Waals surface area (Å²) in [7, 11) is -4.52. The van der Waals surface area contributed by atoms with E-state index in [2.05, 4.69) is 20.6 Å². The van der Waals surface area contributed by atoms with Gasteiger partial charge >= 0.3 is 7.60 Å². The van der Waals surface area contributed by atoms with Gasteiger partial charge in [-0.1, -0.05) is 18.2 Å². The first kappa shape index (κ1) is 24.2.